The van der Waals surface area contributed by atoms with Crippen molar-refractivity contribution >= 4 is 16.8 Å². The van der Waals surface area contributed by atoms with E-state index in [9.17, 15) is 4.79 Å². The quantitative estimate of drug-likeness (QED) is 0.185. The number of methoxy groups -OCH3 is 2. The molecule has 3 heterocycles. The van der Waals surface area contributed by atoms with E-state index in [1.54, 1.807) is 14.2 Å². The molecule has 0 spiro atoms. The Morgan fingerprint density at radius 3 is 2.61 bits per heavy atom. The van der Waals surface area contributed by atoms with Crippen LogP contribution in [0.25, 0.3) is 10.9 Å². The molecule has 0 saturated carbocycles. The summed E-state index contributed by atoms with van der Waals surface area (Å²) in [6, 6.07) is 23.9. The largest absolute Gasteiger partial charge is 0.497 e. The molecule has 5 aromatic rings. The number of nitrogens with one attached hydrogen (secondary N) is 3. The Morgan fingerprint density at radius 1 is 0.977 bits per heavy atom. The second-order valence-electron chi connectivity index (χ2n) is 11.4. The van der Waals surface area contributed by atoms with Gasteiger partial charge in [-0.3, -0.25) is 4.79 Å². The number of fused-ring (bicyclic) bond motifs is 1. The molecule has 0 radical (unpaired) electrons. The smallest absolute Gasteiger partial charge is 0.237 e. The van der Waals surface area contributed by atoms with Crippen molar-refractivity contribution in [2.75, 3.05) is 20.8 Å². The van der Waals surface area contributed by atoms with Crippen molar-refractivity contribution in [3.8, 4) is 11.5 Å². The monoisotopic (exact) mass is 592 g/mol. The predicted octanol–water partition coefficient (Wildman–Crippen LogP) is 5.15. The molecular weight excluding hydrogens is 552 g/mol. The van der Waals surface area contributed by atoms with Crippen LogP contribution in [0.2, 0.25) is 0 Å². The predicted molar refractivity (Wildman–Crippen MR) is 171 cm³/mol. The standard InChI is InChI=1S/C35H40N6O3/c1-43-27-17-16-25(32(21-27)44-2)23-41-33(18-15-24-10-4-3-5-11-24)39-40-34(41)31(38-35(42)30-14-8-9-19-36-30)20-26-22-37-29-13-7-6-12-28(26)29/h3-7,10-13,16-17,21-22,30-31,36-37H,8-9,14-15,18-20,23H2,1-2H3,(H,38,42)/t30-,31+/m0/s1. The molecule has 44 heavy (non-hydrogen) atoms. The lowest BCUT2D eigenvalue weighted by molar-refractivity contribution is -0.124. The Kier molecular flexibility index (Phi) is 9.22. The van der Waals surface area contributed by atoms with Gasteiger partial charge < -0.3 is 29.7 Å². The second-order valence-corrected chi connectivity index (χ2v) is 11.4. The number of H-pyrrole nitrogens is 1. The summed E-state index contributed by atoms with van der Waals surface area (Å²) in [6.07, 6.45) is 7.08. The number of hydrogen-bond acceptors (Lipinski definition) is 6. The van der Waals surface area contributed by atoms with Crippen molar-refractivity contribution in [2.24, 2.45) is 0 Å². The van der Waals surface area contributed by atoms with Crippen LogP contribution in [0.15, 0.2) is 79.0 Å². The Labute approximate surface area is 258 Å². The third-order valence-electron chi connectivity index (χ3n) is 8.51. The van der Waals surface area contributed by atoms with Gasteiger partial charge >= 0.3 is 0 Å². The van der Waals surface area contributed by atoms with E-state index in [4.69, 9.17) is 19.7 Å². The van der Waals surface area contributed by atoms with E-state index in [0.717, 1.165) is 77.4 Å². The molecule has 0 aliphatic carbocycles. The zero-order valence-electron chi connectivity index (χ0n) is 25.4. The van der Waals surface area contributed by atoms with Crippen LogP contribution in [0.3, 0.4) is 0 Å². The highest BCUT2D eigenvalue weighted by Gasteiger charge is 2.29. The maximum absolute atomic E-state index is 13.7. The minimum atomic E-state index is -0.396. The summed E-state index contributed by atoms with van der Waals surface area (Å²) < 4.78 is 13.4. The molecule has 1 aliphatic rings. The lowest BCUT2D eigenvalue weighted by atomic mass is 10.0. The number of aromatic amines is 1. The maximum Gasteiger partial charge on any atom is 0.237 e. The number of nitrogens with zero attached hydrogens (tertiary/aromatic N) is 3. The van der Waals surface area contributed by atoms with Crippen LogP contribution in [0.4, 0.5) is 0 Å². The van der Waals surface area contributed by atoms with E-state index < -0.39 is 6.04 Å². The highest BCUT2D eigenvalue weighted by atomic mass is 16.5. The number of piperidine rings is 1. The van der Waals surface area contributed by atoms with Crippen molar-refractivity contribution in [1.29, 1.82) is 0 Å². The molecule has 1 amide bonds. The van der Waals surface area contributed by atoms with Gasteiger partial charge in [0.15, 0.2) is 5.82 Å². The first-order chi connectivity index (χ1) is 21.6. The first kappa shape index (κ1) is 29.4. The van der Waals surface area contributed by atoms with Gasteiger partial charge in [-0.15, -0.1) is 10.2 Å². The van der Waals surface area contributed by atoms with Crippen molar-refractivity contribution in [2.45, 2.75) is 57.2 Å². The molecule has 1 aliphatic heterocycles. The summed E-state index contributed by atoms with van der Waals surface area (Å²) in [4.78, 5) is 17.0. The van der Waals surface area contributed by atoms with E-state index in [0.29, 0.717) is 19.4 Å². The first-order valence-corrected chi connectivity index (χ1v) is 15.4. The summed E-state index contributed by atoms with van der Waals surface area (Å²) in [6.45, 7) is 1.34. The zero-order chi connectivity index (χ0) is 30.3. The normalized spacial score (nSPS) is 15.6. The molecule has 2 aromatic heterocycles. The minimum absolute atomic E-state index is 0.00282. The third-order valence-corrected chi connectivity index (χ3v) is 8.51. The molecule has 1 fully saturated rings. The molecule has 6 rings (SSSR count). The van der Waals surface area contributed by atoms with Gasteiger partial charge in [0.05, 0.1) is 32.8 Å². The van der Waals surface area contributed by atoms with Gasteiger partial charge in [-0.05, 0) is 55.1 Å². The number of amides is 1. The zero-order valence-corrected chi connectivity index (χ0v) is 25.4. The Bertz CT molecular complexity index is 1690. The van der Waals surface area contributed by atoms with Crippen molar-refractivity contribution in [3.63, 3.8) is 0 Å². The molecule has 0 bridgehead atoms. The lowest BCUT2D eigenvalue weighted by Crippen LogP contribution is -2.48. The van der Waals surface area contributed by atoms with Gasteiger partial charge in [0, 0.05) is 41.6 Å². The number of aryl methyl sites for hydroxylation is 2. The number of para-hydroxylation sites is 1. The van der Waals surface area contributed by atoms with Crippen LogP contribution in [0.5, 0.6) is 11.5 Å². The number of aromatic nitrogens is 4. The maximum atomic E-state index is 13.7. The molecule has 2 atom stereocenters. The van der Waals surface area contributed by atoms with Crippen LogP contribution in [0, 0.1) is 0 Å². The summed E-state index contributed by atoms with van der Waals surface area (Å²) in [5.41, 5.74) is 4.39. The molecule has 9 heteroatoms. The van der Waals surface area contributed by atoms with Gasteiger partial charge in [0.25, 0.3) is 0 Å². The van der Waals surface area contributed by atoms with Gasteiger partial charge in [-0.2, -0.15) is 0 Å². The van der Waals surface area contributed by atoms with Gasteiger partial charge in [0.2, 0.25) is 5.91 Å². The average molecular weight is 593 g/mol. The number of carbonyl (C=O) groups is 1. The van der Waals surface area contributed by atoms with Crippen LogP contribution in [0.1, 0.15) is 53.6 Å². The fourth-order valence-corrected chi connectivity index (χ4v) is 6.09. The third kappa shape index (κ3) is 6.63. The van der Waals surface area contributed by atoms with Gasteiger partial charge in [0.1, 0.15) is 17.3 Å². The van der Waals surface area contributed by atoms with Crippen molar-refractivity contribution in [3.05, 3.63) is 107 Å². The van der Waals surface area contributed by atoms with Crippen LogP contribution < -0.4 is 20.1 Å². The molecular formula is C35H40N6O3. The highest BCUT2D eigenvalue weighted by molar-refractivity contribution is 5.84. The molecule has 0 unspecified atom stereocenters. The van der Waals surface area contributed by atoms with Crippen LogP contribution in [-0.4, -0.2) is 52.5 Å². The number of benzene rings is 3. The summed E-state index contributed by atoms with van der Waals surface area (Å²) in [5.74, 6) is 3.03. The highest BCUT2D eigenvalue weighted by Crippen LogP contribution is 2.29. The minimum Gasteiger partial charge on any atom is -0.497 e. The Hall–Kier alpha value is -4.63. The fourth-order valence-electron chi connectivity index (χ4n) is 6.09. The molecule has 1 saturated heterocycles. The van der Waals surface area contributed by atoms with E-state index in [2.05, 4.69) is 56.6 Å². The summed E-state index contributed by atoms with van der Waals surface area (Å²) in [7, 11) is 3.31. The first-order valence-electron chi connectivity index (χ1n) is 15.4. The van der Waals surface area contributed by atoms with Gasteiger partial charge in [-0.25, -0.2) is 0 Å². The second kappa shape index (κ2) is 13.8. The molecule has 9 nitrogen and oxygen atoms in total. The van der Waals surface area contributed by atoms with Gasteiger partial charge in [-0.1, -0.05) is 55.0 Å². The SMILES string of the molecule is COc1ccc(Cn2c(CCc3ccccc3)nnc2[C@@H](Cc2c[nH]c3ccccc23)NC(=O)[C@@H]2CCCCN2)c(OC)c1. The summed E-state index contributed by atoms with van der Waals surface area (Å²) >= 11 is 0. The Morgan fingerprint density at radius 2 is 1.82 bits per heavy atom. The number of ether oxygens (including phenoxy) is 2. The van der Waals surface area contributed by atoms with Crippen LogP contribution >= 0.6 is 0 Å². The lowest BCUT2D eigenvalue weighted by Gasteiger charge is -2.26. The van der Waals surface area contributed by atoms with E-state index in [-0.39, 0.29) is 11.9 Å². The Balaban J connectivity index is 1.39. The topological polar surface area (TPSA) is 106 Å². The van der Waals surface area contributed by atoms with Crippen LogP contribution in [-0.2, 0) is 30.6 Å². The van der Waals surface area contributed by atoms with Crippen molar-refractivity contribution < 1.29 is 14.3 Å². The van der Waals surface area contributed by atoms with E-state index in [1.807, 2.05) is 42.6 Å². The average Bonchev–Trinajstić information content (AvgIpc) is 3.68. The van der Waals surface area contributed by atoms with E-state index >= 15 is 0 Å². The van der Waals surface area contributed by atoms with E-state index in [1.165, 1.54) is 5.56 Å². The number of carbonyl (C=O) groups excluding carboxylic acids is 1. The molecule has 3 N–H and O–H groups in total. The fraction of sp³-hybridized carbons (Fsp3) is 0.343. The van der Waals surface area contributed by atoms with Crippen molar-refractivity contribution in [1.82, 2.24) is 30.4 Å². The molecule has 228 valence electrons. The molecule has 3 aromatic carbocycles. The number of rotatable bonds is 12. The number of hydrogen-bond donors (Lipinski definition) is 3. The summed E-state index contributed by atoms with van der Waals surface area (Å²) in [5, 5.41) is 17.4.